The molecule has 0 aliphatic heterocycles. The number of benzene rings is 2. The van der Waals surface area contributed by atoms with Crippen molar-refractivity contribution in [2.75, 3.05) is 21.3 Å². The molecule has 2 amide bonds. The first-order valence-electron chi connectivity index (χ1n) is 13.0. The lowest BCUT2D eigenvalue weighted by Crippen LogP contribution is -2.47. The second-order valence-corrected chi connectivity index (χ2v) is 10.5. The molecule has 1 N–H and O–H groups in total. The molecule has 0 radical (unpaired) electrons. The largest absolute Gasteiger partial charge is 0.497 e. The quantitative estimate of drug-likeness (QED) is 0.348. The first-order valence-corrected chi connectivity index (χ1v) is 13.9. The van der Waals surface area contributed by atoms with Crippen molar-refractivity contribution < 1.29 is 23.8 Å². The van der Waals surface area contributed by atoms with E-state index >= 15 is 0 Å². The SMILES string of the molecule is COc1cccc(CN(C(=O)Cc2cccs2)[C@@H](C(=O)NC2CCCCC2)c2ccc(OC)c(OC)c2)c1. The van der Waals surface area contributed by atoms with Gasteiger partial charge in [0.15, 0.2) is 11.5 Å². The van der Waals surface area contributed by atoms with Crippen molar-refractivity contribution >= 4 is 23.2 Å². The van der Waals surface area contributed by atoms with E-state index in [2.05, 4.69) is 5.32 Å². The summed E-state index contributed by atoms with van der Waals surface area (Å²) < 4.78 is 16.4. The van der Waals surface area contributed by atoms with Gasteiger partial charge in [-0.05, 0) is 59.7 Å². The highest BCUT2D eigenvalue weighted by Gasteiger charge is 2.34. The van der Waals surface area contributed by atoms with Gasteiger partial charge in [0.05, 0.1) is 27.8 Å². The molecule has 1 saturated carbocycles. The first-order chi connectivity index (χ1) is 18.5. The molecular formula is C30H36N2O5S. The van der Waals surface area contributed by atoms with Crippen LogP contribution in [0.25, 0.3) is 0 Å². The minimum Gasteiger partial charge on any atom is -0.497 e. The molecular weight excluding hydrogens is 500 g/mol. The Balaban J connectivity index is 1.75. The van der Waals surface area contributed by atoms with Gasteiger partial charge < -0.3 is 24.4 Å². The molecule has 38 heavy (non-hydrogen) atoms. The molecule has 1 aliphatic rings. The number of methoxy groups -OCH3 is 3. The summed E-state index contributed by atoms with van der Waals surface area (Å²) in [5, 5.41) is 5.21. The van der Waals surface area contributed by atoms with E-state index in [1.165, 1.54) is 17.8 Å². The third-order valence-corrected chi connectivity index (χ3v) is 7.82. The highest BCUT2D eigenvalue weighted by molar-refractivity contribution is 7.10. The average Bonchev–Trinajstić information content (AvgIpc) is 3.46. The van der Waals surface area contributed by atoms with Gasteiger partial charge in [0.2, 0.25) is 11.8 Å². The zero-order valence-electron chi connectivity index (χ0n) is 22.3. The highest BCUT2D eigenvalue weighted by Crippen LogP contribution is 2.34. The third-order valence-electron chi connectivity index (χ3n) is 6.95. The molecule has 1 fully saturated rings. The summed E-state index contributed by atoms with van der Waals surface area (Å²) >= 11 is 1.53. The van der Waals surface area contributed by atoms with E-state index in [1.807, 2.05) is 47.8 Å². The van der Waals surface area contributed by atoms with Gasteiger partial charge in [-0.1, -0.05) is 43.5 Å². The van der Waals surface area contributed by atoms with Crippen LogP contribution in [0.5, 0.6) is 17.2 Å². The van der Waals surface area contributed by atoms with E-state index in [1.54, 1.807) is 38.4 Å². The van der Waals surface area contributed by atoms with Gasteiger partial charge in [-0.2, -0.15) is 0 Å². The normalized spacial score (nSPS) is 14.4. The van der Waals surface area contributed by atoms with E-state index in [9.17, 15) is 9.59 Å². The van der Waals surface area contributed by atoms with Crippen LogP contribution >= 0.6 is 11.3 Å². The van der Waals surface area contributed by atoms with Gasteiger partial charge >= 0.3 is 0 Å². The Morgan fingerprint density at radius 3 is 2.42 bits per heavy atom. The Kier molecular flexibility index (Phi) is 9.65. The Hall–Kier alpha value is -3.52. The minimum absolute atomic E-state index is 0.102. The molecule has 0 bridgehead atoms. The standard InChI is InChI=1S/C30H36N2O5S/c1-35-24-12-7-9-21(17-24)20-32(28(33)19-25-13-8-16-38-25)29(30(34)31-23-10-5-4-6-11-23)22-14-15-26(36-2)27(18-22)37-3/h7-9,12-18,23,29H,4-6,10-11,19-20H2,1-3H3,(H,31,34)/t29-/m1/s1. The number of hydrogen-bond acceptors (Lipinski definition) is 6. The number of rotatable bonds is 11. The molecule has 1 atom stereocenters. The molecule has 3 aromatic rings. The Labute approximate surface area is 228 Å². The molecule has 4 rings (SSSR count). The maximum atomic E-state index is 14.0. The highest BCUT2D eigenvalue weighted by atomic mass is 32.1. The molecule has 8 heteroatoms. The Morgan fingerprint density at radius 2 is 1.74 bits per heavy atom. The van der Waals surface area contributed by atoms with Crippen LogP contribution in [-0.4, -0.2) is 44.1 Å². The van der Waals surface area contributed by atoms with Gasteiger partial charge in [0, 0.05) is 17.5 Å². The second-order valence-electron chi connectivity index (χ2n) is 9.49. The smallest absolute Gasteiger partial charge is 0.247 e. The maximum Gasteiger partial charge on any atom is 0.247 e. The topological polar surface area (TPSA) is 77.1 Å². The van der Waals surface area contributed by atoms with Gasteiger partial charge in [0.25, 0.3) is 0 Å². The predicted octanol–water partition coefficient (Wildman–Crippen LogP) is 5.54. The minimum atomic E-state index is -0.851. The number of nitrogens with zero attached hydrogens (tertiary/aromatic N) is 1. The molecule has 2 aromatic carbocycles. The zero-order chi connectivity index (χ0) is 26.9. The van der Waals surface area contributed by atoms with Gasteiger partial charge in [-0.25, -0.2) is 0 Å². The van der Waals surface area contributed by atoms with Crippen molar-refractivity contribution in [3.05, 3.63) is 76.0 Å². The monoisotopic (exact) mass is 536 g/mol. The van der Waals surface area contributed by atoms with Crippen molar-refractivity contribution in [1.29, 1.82) is 0 Å². The summed E-state index contributed by atoms with van der Waals surface area (Å²) in [4.78, 5) is 30.6. The lowest BCUT2D eigenvalue weighted by atomic mass is 9.94. The molecule has 1 heterocycles. The van der Waals surface area contributed by atoms with Crippen LogP contribution in [0.2, 0.25) is 0 Å². The van der Waals surface area contributed by atoms with Crippen LogP contribution in [0.15, 0.2) is 60.0 Å². The number of thiophene rings is 1. The fourth-order valence-corrected chi connectivity index (χ4v) is 5.67. The van der Waals surface area contributed by atoms with Gasteiger partial charge in [-0.3, -0.25) is 9.59 Å². The lowest BCUT2D eigenvalue weighted by Gasteiger charge is -2.34. The molecule has 1 aromatic heterocycles. The van der Waals surface area contributed by atoms with E-state index in [0.29, 0.717) is 22.8 Å². The van der Waals surface area contributed by atoms with E-state index in [0.717, 1.165) is 36.1 Å². The third kappa shape index (κ3) is 6.86. The Morgan fingerprint density at radius 1 is 0.947 bits per heavy atom. The number of carbonyl (C=O) groups is 2. The van der Waals surface area contributed by atoms with E-state index in [4.69, 9.17) is 14.2 Å². The number of carbonyl (C=O) groups excluding carboxylic acids is 2. The number of hydrogen-bond donors (Lipinski definition) is 1. The van der Waals surface area contributed by atoms with Crippen LogP contribution in [-0.2, 0) is 22.6 Å². The van der Waals surface area contributed by atoms with Gasteiger partial charge in [-0.15, -0.1) is 11.3 Å². The second kappa shape index (κ2) is 13.3. The fraction of sp³-hybridized carbons (Fsp3) is 0.400. The van der Waals surface area contributed by atoms with Crippen molar-refractivity contribution in [2.24, 2.45) is 0 Å². The fourth-order valence-electron chi connectivity index (χ4n) is 4.98. The number of ether oxygens (including phenoxy) is 3. The number of amides is 2. The predicted molar refractivity (Wildman–Crippen MR) is 149 cm³/mol. The van der Waals surface area contributed by atoms with Crippen LogP contribution in [0, 0.1) is 0 Å². The summed E-state index contributed by atoms with van der Waals surface area (Å²) in [6, 6.07) is 16.1. The molecule has 0 spiro atoms. The molecule has 0 unspecified atom stereocenters. The molecule has 0 saturated heterocycles. The molecule has 1 aliphatic carbocycles. The summed E-state index contributed by atoms with van der Waals surface area (Å²) in [5.41, 5.74) is 1.54. The van der Waals surface area contributed by atoms with Crippen LogP contribution < -0.4 is 19.5 Å². The van der Waals surface area contributed by atoms with Gasteiger partial charge in [0.1, 0.15) is 11.8 Å². The summed E-state index contributed by atoms with van der Waals surface area (Å²) in [6.45, 7) is 0.249. The summed E-state index contributed by atoms with van der Waals surface area (Å²) in [5.74, 6) is 1.45. The molecule has 7 nitrogen and oxygen atoms in total. The lowest BCUT2D eigenvalue weighted by molar-refractivity contribution is -0.141. The van der Waals surface area contributed by atoms with Crippen LogP contribution in [0.4, 0.5) is 0 Å². The van der Waals surface area contributed by atoms with E-state index < -0.39 is 6.04 Å². The average molecular weight is 537 g/mol. The number of nitrogens with one attached hydrogen (secondary N) is 1. The maximum absolute atomic E-state index is 14.0. The summed E-state index contributed by atoms with van der Waals surface area (Å²) in [6.07, 6.45) is 5.48. The van der Waals surface area contributed by atoms with Crippen molar-refractivity contribution in [3.8, 4) is 17.2 Å². The van der Waals surface area contributed by atoms with Crippen molar-refractivity contribution in [3.63, 3.8) is 0 Å². The van der Waals surface area contributed by atoms with Crippen molar-refractivity contribution in [2.45, 2.75) is 57.2 Å². The van der Waals surface area contributed by atoms with E-state index in [-0.39, 0.29) is 30.8 Å². The zero-order valence-corrected chi connectivity index (χ0v) is 23.1. The van der Waals surface area contributed by atoms with Crippen molar-refractivity contribution in [1.82, 2.24) is 10.2 Å². The van der Waals surface area contributed by atoms with Crippen LogP contribution in [0.1, 0.15) is 54.1 Å². The molecule has 202 valence electrons. The van der Waals surface area contributed by atoms with Crippen LogP contribution in [0.3, 0.4) is 0 Å². The summed E-state index contributed by atoms with van der Waals surface area (Å²) in [7, 11) is 4.75. The Bertz CT molecular complexity index is 1210. The first kappa shape index (κ1) is 27.5.